The monoisotopic (exact) mass is 432 g/mol. The first-order valence-corrected chi connectivity index (χ1v) is 10.6. The third kappa shape index (κ3) is 3.27. The van der Waals surface area contributed by atoms with Gasteiger partial charge in [0.05, 0.1) is 31.5 Å². The SMILES string of the molecule is COC(=O)[C@H]1C[C@H](OC(C)=O)C(=O)[C@H]2[C@@]1(C)CC[C@H]1C(=O)O[C@H](c3ccoc3)C[C@]21C. The molecule has 0 radical (unpaired) electrons. The van der Waals surface area contributed by atoms with Crippen molar-refractivity contribution in [3.8, 4) is 0 Å². The first-order chi connectivity index (χ1) is 14.6. The quantitative estimate of drug-likeness (QED) is 0.530. The lowest BCUT2D eigenvalue weighted by Crippen LogP contribution is -2.64. The van der Waals surface area contributed by atoms with Crippen molar-refractivity contribution < 1.29 is 37.8 Å². The minimum Gasteiger partial charge on any atom is -0.472 e. The molecule has 7 atom stereocenters. The van der Waals surface area contributed by atoms with E-state index < -0.39 is 52.7 Å². The second-order valence-electron chi connectivity index (χ2n) is 9.53. The van der Waals surface area contributed by atoms with Crippen LogP contribution in [-0.2, 0) is 33.4 Å². The average Bonchev–Trinajstić information content (AvgIpc) is 3.23. The molecule has 0 unspecified atom stereocenters. The number of methoxy groups -OCH3 is 1. The highest BCUT2D eigenvalue weighted by Gasteiger charge is 2.67. The summed E-state index contributed by atoms with van der Waals surface area (Å²) in [5, 5.41) is 0. The average molecular weight is 432 g/mol. The van der Waals surface area contributed by atoms with E-state index in [0.717, 1.165) is 5.56 Å². The van der Waals surface area contributed by atoms with Crippen molar-refractivity contribution in [1.29, 1.82) is 0 Å². The maximum atomic E-state index is 13.7. The van der Waals surface area contributed by atoms with Gasteiger partial charge in [-0.05, 0) is 36.2 Å². The Morgan fingerprint density at radius 2 is 1.94 bits per heavy atom. The van der Waals surface area contributed by atoms with Crippen LogP contribution in [0.4, 0.5) is 0 Å². The van der Waals surface area contributed by atoms with Gasteiger partial charge in [-0.25, -0.2) is 0 Å². The summed E-state index contributed by atoms with van der Waals surface area (Å²) in [5.74, 6) is -3.35. The van der Waals surface area contributed by atoms with Crippen LogP contribution in [0.25, 0.3) is 0 Å². The Bertz CT molecular complexity index is 905. The highest BCUT2D eigenvalue weighted by Crippen LogP contribution is 2.65. The van der Waals surface area contributed by atoms with Crippen LogP contribution < -0.4 is 0 Å². The van der Waals surface area contributed by atoms with Crippen LogP contribution in [-0.4, -0.2) is 36.9 Å². The predicted octanol–water partition coefficient (Wildman–Crippen LogP) is 3.00. The first-order valence-electron chi connectivity index (χ1n) is 10.6. The normalized spacial score (nSPS) is 39.7. The molecule has 1 aromatic rings. The lowest BCUT2D eigenvalue weighted by Gasteiger charge is -2.60. The molecule has 1 saturated heterocycles. The fourth-order valence-corrected chi connectivity index (χ4v) is 6.46. The van der Waals surface area contributed by atoms with E-state index in [2.05, 4.69) is 0 Å². The number of esters is 3. The summed E-state index contributed by atoms with van der Waals surface area (Å²) in [4.78, 5) is 51.2. The molecular formula is C23H28O8. The summed E-state index contributed by atoms with van der Waals surface area (Å²) >= 11 is 0. The molecule has 2 heterocycles. The van der Waals surface area contributed by atoms with Gasteiger partial charge in [-0.15, -0.1) is 0 Å². The van der Waals surface area contributed by atoms with Gasteiger partial charge in [-0.2, -0.15) is 0 Å². The number of carbonyl (C=O) groups is 4. The van der Waals surface area contributed by atoms with Gasteiger partial charge in [0.2, 0.25) is 0 Å². The maximum absolute atomic E-state index is 13.7. The molecule has 31 heavy (non-hydrogen) atoms. The van der Waals surface area contributed by atoms with Crippen LogP contribution in [0.15, 0.2) is 23.0 Å². The fourth-order valence-electron chi connectivity index (χ4n) is 6.46. The summed E-state index contributed by atoms with van der Waals surface area (Å²) < 4.78 is 21.3. The zero-order valence-electron chi connectivity index (χ0n) is 18.2. The fraction of sp³-hybridized carbons (Fsp3) is 0.652. The van der Waals surface area contributed by atoms with Crippen LogP contribution >= 0.6 is 0 Å². The van der Waals surface area contributed by atoms with Crippen LogP contribution in [0.1, 0.15) is 58.1 Å². The van der Waals surface area contributed by atoms with E-state index >= 15 is 0 Å². The zero-order chi connectivity index (χ0) is 22.6. The molecule has 4 rings (SSSR count). The van der Waals surface area contributed by atoms with Gasteiger partial charge in [-0.3, -0.25) is 19.2 Å². The van der Waals surface area contributed by atoms with E-state index in [1.165, 1.54) is 26.6 Å². The number of ketones is 1. The molecule has 2 aliphatic carbocycles. The Kier molecular flexibility index (Phi) is 5.22. The molecule has 0 bridgehead atoms. The zero-order valence-corrected chi connectivity index (χ0v) is 18.2. The third-order valence-electron chi connectivity index (χ3n) is 7.81. The topological polar surface area (TPSA) is 109 Å². The van der Waals surface area contributed by atoms with Crippen LogP contribution in [0.2, 0.25) is 0 Å². The number of fused-ring (bicyclic) bond motifs is 3. The van der Waals surface area contributed by atoms with E-state index in [4.69, 9.17) is 18.6 Å². The van der Waals surface area contributed by atoms with E-state index in [1.54, 1.807) is 6.07 Å². The number of hydrogen-bond donors (Lipinski definition) is 0. The van der Waals surface area contributed by atoms with Gasteiger partial charge in [0.15, 0.2) is 11.9 Å². The highest BCUT2D eigenvalue weighted by atomic mass is 16.6. The van der Waals surface area contributed by atoms with Crippen LogP contribution in [0.5, 0.6) is 0 Å². The Morgan fingerprint density at radius 1 is 1.19 bits per heavy atom. The van der Waals surface area contributed by atoms with Crippen molar-refractivity contribution in [1.82, 2.24) is 0 Å². The van der Waals surface area contributed by atoms with Crippen molar-refractivity contribution in [2.75, 3.05) is 7.11 Å². The number of ether oxygens (including phenoxy) is 3. The molecule has 8 heteroatoms. The summed E-state index contributed by atoms with van der Waals surface area (Å²) in [6, 6.07) is 1.74. The predicted molar refractivity (Wildman–Crippen MR) is 105 cm³/mol. The summed E-state index contributed by atoms with van der Waals surface area (Å²) in [7, 11) is 1.32. The molecule has 0 spiro atoms. The molecule has 3 aliphatic rings. The summed E-state index contributed by atoms with van der Waals surface area (Å²) in [5.41, 5.74) is -0.763. The second-order valence-corrected chi connectivity index (χ2v) is 9.53. The van der Waals surface area contributed by atoms with E-state index in [0.29, 0.717) is 19.3 Å². The molecule has 0 amide bonds. The minimum absolute atomic E-state index is 0.0917. The molecular weight excluding hydrogens is 404 g/mol. The minimum atomic E-state index is -1.04. The van der Waals surface area contributed by atoms with Gasteiger partial charge < -0.3 is 18.6 Å². The molecule has 0 N–H and O–H groups in total. The van der Waals surface area contributed by atoms with Crippen molar-refractivity contribution in [2.45, 2.75) is 58.7 Å². The van der Waals surface area contributed by atoms with Gasteiger partial charge in [-0.1, -0.05) is 13.8 Å². The Hall–Kier alpha value is -2.64. The van der Waals surface area contributed by atoms with Crippen LogP contribution in [0.3, 0.4) is 0 Å². The largest absolute Gasteiger partial charge is 0.472 e. The summed E-state index contributed by atoms with van der Waals surface area (Å²) in [6.45, 7) is 5.09. The van der Waals surface area contributed by atoms with Crippen molar-refractivity contribution in [2.24, 2.45) is 28.6 Å². The number of hydrogen-bond acceptors (Lipinski definition) is 8. The molecule has 2 saturated carbocycles. The Morgan fingerprint density at radius 3 is 2.55 bits per heavy atom. The third-order valence-corrected chi connectivity index (χ3v) is 7.81. The van der Waals surface area contributed by atoms with E-state index in [1.807, 2.05) is 13.8 Å². The number of furan rings is 1. The van der Waals surface area contributed by atoms with E-state index in [9.17, 15) is 19.2 Å². The molecule has 8 nitrogen and oxygen atoms in total. The number of rotatable bonds is 3. The molecule has 0 aromatic carbocycles. The Balaban J connectivity index is 1.80. The van der Waals surface area contributed by atoms with Crippen LogP contribution in [0, 0.1) is 28.6 Å². The number of Topliss-reactive ketones (excluding diaryl/α,β-unsaturated/α-hetero) is 1. The van der Waals surface area contributed by atoms with Gasteiger partial charge in [0.25, 0.3) is 0 Å². The molecule has 3 fully saturated rings. The highest BCUT2D eigenvalue weighted by molar-refractivity contribution is 5.93. The second kappa shape index (κ2) is 7.50. The Labute approximate surface area is 180 Å². The first kappa shape index (κ1) is 21.6. The lowest BCUT2D eigenvalue weighted by molar-refractivity contribution is -0.210. The van der Waals surface area contributed by atoms with Crippen molar-refractivity contribution >= 4 is 23.7 Å². The number of carbonyl (C=O) groups excluding carboxylic acids is 4. The van der Waals surface area contributed by atoms with Gasteiger partial charge in [0, 0.05) is 24.8 Å². The molecule has 1 aliphatic heterocycles. The van der Waals surface area contributed by atoms with Gasteiger partial charge in [0.1, 0.15) is 6.10 Å². The van der Waals surface area contributed by atoms with E-state index in [-0.39, 0.29) is 18.2 Å². The molecule has 168 valence electrons. The van der Waals surface area contributed by atoms with Gasteiger partial charge >= 0.3 is 17.9 Å². The summed E-state index contributed by atoms with van der Waals surface area (Å²) in [6.07, 6.45) is 2.98. The molecule has 1 aromatic heterocycles. The van der Waals surface area contributed by atoms with Crippen molar-refractivity contribution in [3.63, 3.8) is 0 Å². The smallest absolute Gasteiger partial charge is 0.310 e. The van der Waals surface area contributed by atoms with Crippen molar-refractivity contribution in [3.05, 3.63) is 24.2 Å². The number of cyclic esters (lactones) is 1. The maximum Gasteiger partial charge on any atom is 0.310 e. The standard InChI is InChI=1S/C23H28O8/c1-12(24)30-16-9-15(20(26)28-4)22(2)7-5-14-21(27)31-17(13-6-8-29-11-13)10-23(14,3)19(22)18(16)25/h6,8,11,14-17,19H,5,7,9-10H2,1-4H3/t14-,15+,16-,17-,19-,22-,23-/m0/s1. The lowest BCUT2D eigenvalue weighted by atomic mass is 9.43.